The number of aliphatic carboxylic acids is 1. The van der Waals surface area contributed by atoms with Crippen LogP contribution in [0.4, 0.5) is 0 Å². The predicted molar refractivity (Wildman–Crippen MR) is 77.0 cm³/mol. The van der Waals surface area contributed by atoms with Crippen LogP contribution in [0.15, 0.2) is 4.99 Å². The fraction of sp³-hybridized carbons (Fsp3) is 0.867. The number of unbranched alkanes of at least 4 members (excludes halogenated alkanes) is 8. The number of carbonyl (C=O) groups is 1. The molecule has 0 saturated heterocycles. The molecule has 1 rings (SSSR count). The second kappa shape index (κ2) is 15.2. The molecule has 0 amide bonds. The van der Waals surface area contributed by atoms with Crippen LogP contribution in [0.3, 0.4) is 0 Å². The van der Waals surface area contributed by atoms with E-state index in [2.05, 4.69) is 17.2 Å². The van der Waals surface area contributed by atoms with E-state index in [-0.39, 0.29) is 6.42 Å². The van der Waals surface area contributed by atoms with E-state index in [4.69, 9.17) is 0 Å². The highest BCUT2D eigenvalue weighted by molar-refractivity contribution is 5.63. The number of carboxylic acid groups (broad SMARTS) is 1. The molecule has 0 bridgehead atoms. The molecule has 4 heteroatoms. The van der Waals surface area contributed by atoms with Gasteiger partial charge >= 0.3 is 0 Å². The first-order valence-electron chi connectivity index (χ1n) is 7.78. The first-order chi connectivity index (χ1) is 9.27. The van der Waals surface area contributed by atoms with Gasteiger partial charge < -0.3 is 15.2 Å². The number of nitrogens with two attached hydrogens (primary N) is 1. The van der Waals surface area contributed by atoms with E-state index in [9.17, 15) is 9.90 Å². The van der Waals surface area contributed by atoms with Gasteiger partial charge in [-0.3, -0.25) is 0 Å². The molecule has 0 spiro atoms. The van der Waals surface area contributed by atoms with Gasteiger partial charge in [0.05, 0.1) is 6.54 Å². The van der Waals surface area contributed by atoms with Gasteiger partial charge in [0.25, 0.3) is 0 Å². The van der Waals surface area contributed by atoms with Crippen LogP contribution in [0.1, 0.15) is 71.1 Å². The summed E-state index contributed by atoms with van der Waals surface area (Å²) in [4.78, 5) is 14.0. The Morgan fingerprint density at radius 1 is 1.11 bits per heavy atom. The highest BCUT2D eigenvalue weighted by Crippen LogP contribution is 2.09. The summed E-state index contributed by atoms with van der Waals surface area (Å²) in [5.74, 6) is -0.909. The number of nitrogens with zero attached hydrogens (tertiary/aromatic N) is 1. The van der Waals surface area contributed by atoms with Crippen LogP contribution in [0.5, 0.6) is 0 Å². The molecule has 0 aromatic carbocycles. The van der Waals surface area contributed by atoms with Crippen molar-refractivity contribution in [3.8, 4) is 0 Å². The third-order valence-corrected chi connectivity index (χ3v) is 3.12. The average Bonchev–Trinajstić information content (AvgIpc) is 2.95. The Kier molecular flexibility index (Phi) is 14.4. The molecule has 0 radical (unpaired) electrons. The summed E-state index contributed by atoms with van der Waals surface area (Å²) in [7, 11) is 0. The Bertz CT molecular complexity index is 224. The minimum Gasteiger partial charge on any atom is -0.550 e. The molecule has 0 atom stereocenters. The molecule has 0 aliphatic carbocycles. The Hall–Kier alpha value is -0.900. The van der Waals surface area contributed by atoms with Gasteiger partial charge in [-0.1, -0.05) is 58.3 Å². The maximum Gasteiger partial charge on any atom is 0.182 e. The molecule has 0 saturated carbocycles. The van der Waals surface area contributed by atoms with Gasteiger partial charge in [0.1, 0.15) is 6.54 Å². The molecule has 0 aromatic heterocycles. The number of aliphatic imine (C=N–C) groups is 1. The third-order valence-electron chi connectivity index (χ3n) is 3.12. The van der Waals surface area contributed by atoms with E-state index >= 15 is 0 Å². The van der Waals surface area contributed by atoms with Crippen LogP contribution < -0.4 is 10.4 Å². The number of carboxylic acids is 1. The Balaban J connectivity index is 0.000000532. The van der Waals surface area contributed by atoms with Crippen molar-refractivity contribution in [3.63, 3.8) is 0 Å². The van der Waals surface area contributed by atoms with Crippen molar-refractivity contribution in [2.75, 3.05) is 13.1 Å². The van der Waals surface area contributed by atoms with Gasteiger partial charge in [0.2, 0.25) is 0 Å². The normalized spacial score (nSPS) is 13.1. The minimum absolute atomic E-state index is 0.232. The molecule has 19 heavy (non-hydrogen) atoms. The van der Waals surface area contributed by atoms with Crippen LogP contribution in [0.2, 0.25) is 0 Å². The Labute approximate surface area is 117 Å². The second-order valence-corrected chi connectivity index (χ2v) is 5.03. The SMILES string of the molecule is C1=NCC[NH2+]1.CCCCCCCCCCCC(=O)[O-]. The first kappa shape index (κ1) is 18.1. The standard InChI is InChI=1S/C12H24O2.C3H6N2/c1-2-3-4-5-6-7-8-9-10-11-12(13)14;1-2-5-3-4-1/h2-11H2,1H3,(H,13,14);3H,1-2H2,(H,4,5). The van der Waals surface area contributed by atoms with E-state index in [1.54, 1.807) is 0 Å². The van der Waals surface area contributed by atoms with Gasteiger partial charge in [-0.2, -0.15) is 0 Å². The Morgan fingerprint density at radius 2 is 1.68 bits per heavy atom. The first-order valence-corrected chi connectivity index (χ1v) is 7.78. The summed E-state index contributed by atoms with van der Waals surface area (Å²) in [6, 6.07) is 0. The number of carbonyl (C=O) groups excluding carboxylic acids is 1. The molecule has 0 aromatic rings. The van der Waals surface area contributed by atoms with Crippen LogP contribution >= 0.6 is 0 Å². The highest BCUT2D eigenvalue weighted by Gasteiger charge is 1.92. The van der Waals surface area contributed by atoms with Crippen LogP contribution in [0.25, 0.3) is 0 Å². The van der Waals surface area contributed by atoms with Gasteiger partial charge in [0.15, 0.2) is 6.34 Å². The van der Waals surface area contributed by atoms with Crippen molar-refractivity contribution in [1.29, 1.82) is 0 Å². The highest BCUT2D eigenvalue weighted by atomic mass is 16.4. The molecular formula is C15H30N2O2. The van der Waals surface area contributed by atoms with Gasteiger partial charge in [0, 0.05) is 5.97 Å². The number of hydrogen-bond acceptors (Lipinski definition) is 3. The van der Waals surface area contributed by atoms with Crippen molar-refractivity contribution in [2.24, 2.45) is 4.99 Å². The van der Waals surface area contributed by atoms with Crippen LogP contribution in [-0.4, -0.2) is 25.4 Å². The van der Waals surface area contributed by atoms with Crippen molar-refractivity contribution in [2.45, 2.75) is 71.1 Å². The fourth-order valence-electron chi connectivity index (χ4n) is 1.95. The van der Waals surface area contributed by atoms with Crippen molar-refractivity contribution in [1.82, 2.24) is 0 Å². The molecule has 2 N–H and O–H groups in total. The van der Waals surface area contributed by atoms with E-state index in [0.717, 1.165) is 25.9 Å². The number of rotatable bonds is 10. The fourth-order valence-corrected chi connectivity index (χ4v) is 1.95. The van der Waals surface area contributed by atoms with Crippen molar-refractivity contribution < 1.29 is 15.2 Å². The molecule has 1 aliphatic heterocycles. The molecule has 0 fully saturated rings. The quantitative estimate of drug-likeness (QED) is 0.607. The molecule has 1 heterocycles. The topological polar surface area (TPSA) is 69.1 Å². The van der Waals surface area contributed by atoms with E-state index in [1.807, 2.05) is 6.34 Å². The summed E-state index contributed by atoms with van der Waals surface area (Å²) >= 11 is 0. The maximum absolute atomic E-state index is 10.1. The lowest BCUT2D eigenvalue weighted by atomic mass is 10.1. The molecular weight excluding hydrogens is 240 g/mol. The lowest BCUT2D eigenvalue weighted by Crippen LogP contribution is -2.80. The smallest absolute Gasteiger partial charge is 0.182 e. The van der Waals surface area contributed by atoms with Gasteiger partial charge in [-0.25, -0.2) is 4.99 Å². The zero-order valence-corrected chi connectivity index (χ0v) is 12.4. The minimum atomic E-state index is -0.909. The lowest BCUT2D eigenvalue weighted by Gasteiger charge is -2.02. The monoisotopic (exact) mass is 270 g/mol. The zero-order valence-electron chi connectivity index (χ0n) is 12.4. The van der Waals surface area contributed by atoms with Gasteiger partial charge in [-0.05, 0) is 12.8 Å². The summed E-state index contributed by atoms with van der Waals surface area (Å²) in [6.45, 7) is 4.39. The number of hydrogen-bond donors (Lipinski definition) is 1. The van der Waals surface area contributed by atoms with E-state index < -0.39 is 5.97 Å². The number of quaternary nitrogens is 1. The molecule has 0 unspecified atom stereocenters. The molecule has 112 valence electrons. The summed E-state index contributed by atoms with van der Waals surface area (Å²) in [6.07, 6.45) is 13.0. The lowest BCUT2D eigenvalue weighted by molar-refractivity contribution is -0.518. The summed E-state index contributed by atoms with van der Waals surface area (Å²) in [5, 5.41) is 12.2. The molecule has 4 nitrogen and oxygen atoms in total. The van der Waals surface area contributed by atoms with E-state index in [0.29, 0.717) is 0 Å². The third kappa shape index (κ3) is 17.1. The molecule has 1 aliphatic rings. The van der Waals surface area contributed by atoms with Crippen LogP contribution in [0, 0.1) is 0 Å². The predicted octanol–water partition coefficient (Wildman–Crippen LogP) is 1.25. The van der Waals surface area contributed by atoms with Crippen molar-refractivity contribution >= 4 is 12.3 Å². The average molecular weight is 270 g/mol. The largest absolute Gasteiger partial charge is 0.550 e. The summed E-state index contributed by atoms with van der Waals surface area (Å²) < 4.78 is 0. The van der Waals surface area contributed by atoms with Gasteiger partial charge in [-0.15, -0.1) is 0 Å². The zero-order chi connectivity index (χ0) is 14.2. The maximum atomic E-state index is 10.1. The van der Waals surface area contributed by atoms with E-state index in [1.165, 1.54) is 44.9 Å². The van der Waals surface area contributed by atoms with Crippen molar-refractivity contribution in [3.05, 3.63) is 0 Å². The second-order valence-electron chi connectivity index (χ2n) is 5.03. The van der Waals surface area contributed by atoms with Crippen LogP contribution in [-0.2, 0) is 4.79 Å². The summed E-state index contributed by atoms with van der Waals surface area (Å²) in [5.41, 5.74) is 0. The Morgan fingerprint density at radius 3 is 2.05 bits per heavy atom.